The lowest BCUT2D eigenvalue weighted by atomic mass is 9.91. The molecule has 9 rings (SSSR count). The smallest absolute Gasteiger partial charge is 0.00880 e. The summed E-state index contributed by atoms with van der Waals surface area (Å²) >= 11 is 0. The van der Waals surface area contributed by atoms with Crippen LogP contribution in [0.4, 0.5) is 0 Å². The van der Waals surface area contributed by atoms with E-state index < -0.39 is 0 Å². The topological polar surface area (TPSA) is 0 Å². The summed E-state index contributed by atoms with van der Waals surface area (Å²) in [5.41, 5.74) is 13.4. The van der Waals surface area contributed by atoms with E-state index in [2.05, 4.69) is 135 Å². The van der Waals surface area contributed by atoms with Gasteiger partial charge in [-0.05, 0) is 174 Å². The first-order valence-corrected chi connectivity index (χ1v) is 15.0. The van der Waals surface area contributed by atoms with Crippen LogP contribution in [0.1, 0.15) is 33.4 Å². The minimum Gasteiger partial charge on any atom is -0.0795 e. The van der Waals surface area contributed by atoms with Gasteiger partial charge in [0.15, 0.2) is 0 Å². The van der Waals surface area contributed by atoms with Gasteiger partial charge in [-0.25, -0.2) is 0 Å². The van der Waals surface area contributed by atoms with E-state index in [1.165, 1.54) is 98.7 Å². The maximum absolute atomic E-state index is 2.38. The molecule has 0 unspecified atom stereocenters. The standard InChI is InChI=1S/C42H30/c1-25-13-33-19-35-15-29-5-3-7-31(29)17-37(35)21-39(33)23-41(25)27-9-11-28(12-10-27)42-24-40-22-38-18-32-8-4-6-30(32)16-36(38)20-34(40)14-26(42)2/h3-6,9-24H,7-8H2,1-2H3. The predicted octanol–water partition coefficient (Wildman–Crippen LogP) is 11.4. The molecule has 7 aromatic rings. The Morgan fingerprint density at radius 2 is 0.738 bits per heavy atom. The first kappa shape index (κ1) is 23.7. The zero-order chi connectivity index (χ0) is 27.9. The third kappa shape index (κ3) is 3.68. The first-order valence-electron chi connectivity index (χ1n) is 15.0. The molecule has 7 aromatic carbocycles. The molecule has 198 valence electrons. The minimum absolute atomic E-state index is 1.04. The molecule has 0 aliphatic heterocycles. The lowest BCUT2D eigenvalue weighted by Crippen LogP contribution is -1.89. The van der Waals surface area contributed by atoms with Crippen molar-refractivity contribution in [3.8, 4) is 22.3 Å². The summed E-state index contributed by atoms with van der Waals surface area (Å²) < 4.78 is 0. The van der Waals surface area contributed by atoms with E-state index >= 15 is 0 Å². The van der Waals surface area contributed by atoms with Crippen LogP contribution in [0.15, 0.2) is 109 Å². The number of rotatable bonds is 2. The zero-order valence-corrected chi connectivity index (χ0v) is 24.0. The molecular weight excluding hydrogens is 504 g/mol. The van der Waals surface area contributed by atoms with E-state index in [-0.39, 0.29) is 0 Å². The molecule has 0 aromatic heterocycles. The molecule has 0 bridgehead atoms. The fraction of sp³-hybridized carbons (Fsp3) is 0.0952. The Kier molecular flexibility index (Phi) is 4.96. The summed E-state index contributed by atoms with van der Waals surface area (Å²) in [7, 11) is 0. The van der Waals surface area contributed by atoms with Gasteiger partial charge in [-0.15, -0.1) is 0 Å². The maximum Gasteiger partial charge on any atom is -0.00880 e. The molecule has 2 aliphatic carbocycles. The number of allylic oxidation sites excluding steroid dienone is 2. The average molecular weight is 535 g/mol. The molecule has 0 saturated heterocycles. The molecule has 0 atom stereocenters. The Balaban J connectivity index is 1.10. The Labute approximate surface area is 246 Å². The second-order valence-corrected chi connectivity index (χ2v) is 12.3. The third-order valence-electron chi connectivity index (χ3n) is 9.57. The van der Waals surface area contributed by atoms with Gasteiger partial charge in [-0.1, -0.05) is 72.8 Å². The molecule has 0 spiro atoms. The third-order valence-corrected chi connectivity index (χ3v) is 9.57. The SMILES string of the molecule is Cc1cc2cc3cc4c(cc3cc2cc1-c1ccc(-c2cc3cc5cc6c(cc5cc3cc2C)C=CC6)cc1)CC=C4. The molecular formula is C42H30. The highest BCUT2D eigenvalue weighted by Gasteiger charge is 2.12. The highest BCUT2D eigenvalue weighted by Crippen LogP contribution is 2.36. The molecule has 0 heterocycles. The Hall–Kier alpha value is -4.94. The van der Waals surface area contributed by atoms with Crippen LogP contribution in [0.3, 0.4) is 0 Å². The van der Waals surface area contributed by atoms with Crippen LogP contribution >= 0.6 is 0 Å². The van der Waals surface area contributed by atoms with Crippen molar-refractivity contribution in [2.24, 2.45) is 0 Å². The van der Waals surface area contributed by atoms with Crippen molar-refractivity contribution in [1.82, 2.24) is 0 Å². The van der Waals surface area contributed by atoms with E-state index in [1.807, 2.05) is 0 Å². The van der Waals surface area contributed by atoms with Gasteiger partial charge in [-0.2, -0.15) is 0 Å². The number of benzene rings is 7. The van der Waals surface area contributed by atoms with Crippen molar-refractivity contribution in [2.45, 2.75) is 26.7 Å². The molecule has 2 aliphatic rings. The van der Waals surface area contributed by atoms with Crippen molar-refractivity contribution in [3.63, 3.8) is 0 Å². The summed E-state index contributed by atoms with van der Waals surface area (Å²) in [6.07, 6.45) is 11.1. The normalized spacial score (nSPS) is 13.6. The van der Waals surface area contributed by atoms with Gasteiger partial charge in [0, 0.05) is 0 Å². The fourth-order valence-electron chi connectivity index (χ4n) is 7.30. The highest BCUT2D eigenvalue weighted by atomic mass is 14.2. The van der Waals surface area contributed by atoms with Gasteiger partial charge in [0.25, 0.3) is 0 Å². The number of hydrogen-bond acceptors (Lipinski definition) is 0. The van der Waals surface area contributed by atoms with E-state index in [4.69, 9.17) is 0 Å². The second kappa shape index (κ2) is 8.78. The molecule has 0 saturated carbocycles. The molecule has 42 heavy (non-hydrogen) atoms. The number of fused-ring (bicyclic) bond motifs is 6. The van der Waals surface area contributed by atoms with Crippen LogP contribution in [-0.4, -0.2) is 0 Å². The fourth-order valence-corrected chi connectivity index (χ4v) is 7.30. The van der Waals surface area contributed by atoms with Crippen LogP contribution in [0, 0.1) is 13.8 Å². The first-order chi connectivity index (χ1) is 20.6. The van der Waals surface area contributed by atoms with Crippen molar-refractivity contribution < 1.29 is 0 Å². The van der Waals surface area contributed by atoms with Gasteiger partial charge in [0.1, 0.15) is 0 Å². The lowest BCUT2D eigenvalue weighted by molar-refractivity contribution is 1.32. The summed E-state index contributed by atoms with van der Waals surface area (Å²) in [6.45, 7) is 4.48. The van der Waals surface area contributed by atoms with Crippen molar-refractivity contribution in [1.29, 1.82) is 0 Å². The molecule has 0 fully saturated rings. The minimum atomic E-state index is 1.04. The lowest BCUT2D eigenvalue weighted by Gasteiger charge is -2.13. The average Bonchev–Trinajstić information content (AvgIpc) is 3.65. The summed E-state index contributed by atoms with van der Waals surface area (Å²) in [5, 5.41) is 10.5. The summed E-state index contributed by atoms with van der Waals surface area (Å²) in [5.74, 6) is 0. The predicted molar refractivity (Wildman–Crippen MR) is 182 cm³/mol. The van der Waals surface area contributed by atoms with Crippen LogP contribution in [0.5, 0.6) is 0 Å². The van der Waals surface area contributed by atoms with Crippen molar-refractivity contribution in [2.75, 3.05) is 0 Å². The van der Waals surface area contributed by atoms with Crippen molar-refractivity contribution >= 4 is 55.2 Å². The molecule has 0 heteroatoms. The number of hydrogen-bond donors (Lipinski definition) is 0. The van der Waals surface area contributed by atoms with E-state index in [1.54, 1.807) is 0 Å². The number of aryl methyl sites for hydroxylation is 2. The second-order valence-electron chi connectivity index (χ2n) is 12.3. The van der Waals surface area contributed by atoms with Gasteiger partial charge >= 0.3 is 0 Å². The highest BCUT2D eigenvalue weighted by molar-refractivity contribution is 6.03. The van der Waals surface area contributed by atoms with Crippen LogP contribution in [0.2, 0.25) is 0 Å². The van der Waals surface area contributed by atoms with Crippen molar-refractivity contribution in [3.05, 3.63) is 143 Å². The maximum atomic E-state index is 2.38. The quantitative estimate of drug-likeness (QED) is 0.194. The van der Waals surface area contributed by atoms with E-state index in [0.717, 1.165) is 12.8 Å². The van der Waals surface area contributed by atoms with Gasteiger partial charge in [-0.3, -0.25) is 0 Å². The molecule has 0 N–H and O–H groups in total. The van der Waals surface area contributed by atoms with Gasteiger partial charge in [0.05, 0.1) is 0 Å². The molecule has 0 amide bonds. The van der Waals surface area contributed by atoms with E-state index in [0.29, 0.717) is 0 Å². The van der Waals surface area contributed by atoms with Crippen LogP contribution < -0.4 is 0 Å². The van der Waals surface area contributed by atoms with Crippen LogP contribution in [-0.2, 0) is 12.8 Å². The molecule has 0 nitrogen and oxygen atoms in total. The zero-order valence-electron chi connectivity index (χ0n) is 24.0. The largest absolute Gasteiger partial charge is 0.0795 e. The monoisotopic (exact) mass is 534 g/mol. The molecule has 0 radical (unpaired) electrons. The summed E-state index contributed by atoms with van der Waals surface area (Å²) in [6, 6.07) is 37.5. The Morgan fingerprint density at radius 1 is 0.381 bits per heavy atom. The van der Waals surface area contributed by atoms with Gasteiger partial charge < -0.3 is 0 Å². The Morgan fingerprint density at radius 3 is 1.17 bits per heavy atom. The van der Waals surface area contributed by atoms with Gasteiger partial charge in [0.2, 0.25) is 0 Å². The Bertz CT molecular complexity index is 2170. The van der Waals surface area contributed by atoms with E-state index in [9.17, 15) is 0 Å². The summed E-state index contributed by atoms with van der Waals surface area (Å²) in [4.78, 5) is 0. The van der Waals surface area contributed by atoms with Crippen LogP contribution in [0.25, 0.3) is 77.5 Å².